The number of ether oxygens (including phenoxy) is 1. The van der Waals surface area contributed by atoms with Crippen molar-refractivity contribution in [2.45, 2.75) is 116 Å². The van der Waals surface area contributed by atoms with Crippen LogP contribution in [-0.4, -0.2) is 28.4 Å². The van der Waals surface area contributed by atoms with Crippen LogP contribution in [0.15, 0.2) is 30.3 Å². The third-order valence-corrected chi connectivity index (χ3v) is 5.46. The number of unbranched alkanes of at least 4 members (excludes halogenated alkanes) is 9. The maximum Gasteiger partial charge on any atom is 0.332 e. The Balaban J connectivity index is 1.97. The van der Waals surface area contributed by atoms with Crippen LogP contribution in [0.3, 0.4) is 0 Å². The summed E-state index contributed by atoms with van der Waals surface area (Å²) >= 11 is 0. The summed E-state index contributed by atoms with van der Waals surface area (Å²) in [5.41, 5.74) is 1.00. The summed E-state index contributed by atoms with van der Waals surface area (Å²) in [5.74, 6) is -0.866. The second-order valence-corrected chi connectivity index (χ2v) is 8.18. The Kier molecular flexibility index (Phi) is 15.4. The molecule has 0 heterocycles. The van der Waals surface area contributed by atoms with Gasteiger partial charge in [-0.1, -0.05) is 108 Å². The number of aliphatic hydroxyl groups is 1. The fourth-order valence-electron chi connectivity index (χ4n) is 3.59. The molecule has 0 amide bonds. The van der Waals surface area contributed by atoms with Crippen LogP contribution >= 0.6 is 0 Å². The van der Waals surface area contributed by atoms with Gasteiger partial charge in [-0.15, -0.1) is 0 Å². The van der Waals surface area contributed by atoms with Gasteiger partial charge in [0.25, 0.3) is 0 Å². The van der Waals surface area contributed by atoms with E-state index in [4.69, 9.17) is 4.74 Å². The van der Waals surface area contributed by atoms with Gasteiger partial charge in [0.1, 0.15) is 0 Å². The van der Waals surface area contributed by atoms with E-state index in [1.54, 1.807) is 0 Å². The molecule has 0 aromatic heterocycles. The van der Waals surface area contributed by atoms with Gasteiger partial charge in [0.2, 0.25) is 0 Å². The van der Waals surface area contributed by atoms with E-state index in [1.165, 1.54) is 38.5 Å². The van der Waals surface area contributed by atoms with Crippen molar-refractivity contribution in [1.82, 2.24) is 0 Å². The molecule has 4 heteroatoms. The molecule has 0 saturated carbocycles. The number of carbonyl (C=O) groups is 1. The van der Waals surface area contributed by atoms with Crippen LogP contribution in [0.5, 0.6) is 0 Å². The summed E-state index contributed by atoms with van der Waals surface area (Å²) in [4.78, 5) is 11.4. The number of aliphatic hydroxyl groups excluding tert-OH is 1. The minimum atomic E-state index is -0.866. The van der Waals surface area contributed by atoms with E-state index in [9.17, 15) is 15.0 Å². The van der Waals surface area contributed by atoms with Gasteiger partial charge in [-0.25, -0.2) is 4.79 Å². The van der Waals surface area contributed by atoms with Crippen molar-refractivity contribution in [2.24, 2.45) is 0 Å². The number of rotatable bonds is 19. The maximum absolute atomic E-state index is 11.4. The normalized spacial score (nSPS) is 13.3. The molecular weight excluding hydrogens is 364 g/mol. The van der Waals surface area contributed by atoms with Crippen LogP contribution in [0.4, 0.5) is 0 Å². The summed E-state index contributed by atoms with van der Waals surface area (Å²) in [6, 6.07) is 9.70. The smallest absolute Gasteiger partial charge is 0.332 e. The van der Waals surface area contributed by atoms with Crippen molar-refractivity contribution >= 4 is 5.97 Å². The summed E-state index contributed by atoms with van der Waals surface area (Å²) in [7, 11) is 0. The van der Waals surface area contributed by atoms with Crippen LogP contribution < -0.4 is 0 Å². The lowest BCUT2D eigenvalue weighted by Crippen LogP contribution is -2.23. The monoisotopic (exact) mass is 406 g/mol. The quantitative estimate of drug-likeness (QED) is 0.257. The highest BCUT2D eigenvalue weighted by atomic mass is 16.5. The maximum atomic E-state index is 11.4. The predicted octanol–water partition coefficient (Wildman–Crippen LogP) is 6.50. The molecule has 0 aliphatic carbocycles. The second kappa shape index (κ2) is 17.5. The largest absolute Gasteiger partial charge is 0.479 e. The summed E-state index contributed by atoms with van der Waals surface area (Å²) in [6.45, 7) is 2.56. The molecule has 2 atom stereocenters. The highest BCUT2D eigenvalue weighted by Crippen LogP contribution is 2.15. The molecule has 1 aromatic carbocycles. The zero-order valence-electron chi connectivity index (χ0n) is 18.4. The SMILES string of the molecule is CCCCCCC(O)CCCCCCCCCC(OCc1ccccc1)C(=O)O. The molecule has 1 aromatic rings. The molecule has 29 heavy (non-hydrogen) atoms. The molecule has 0 fully saturated rings. The van der Waals surface area contributed by atoms with Crippen molar-refractivity contribution in [3.8, 4) is 0 Å². The minimum Gasteiger partial charge on any atom is -0.479 e. The van der Waals surface area contributed by atoms with Crippen LogP contribution in [0.2, 0.25) is 0 Å². The lowest BCUT2D eigenvalue weighted by molar-refractivity contribution is -0.151. The fourth-order valence-corrected chi connectivity index (χ4v) is 3.59. The Morgan fingerprint density at radius 2 is 1.34 bits per heavy atom. The van der Waals surface area contributed by atoms with Gasteiger partial charge in [-0.05, 0) is 24.8 Å². The van der Waals surface area contributed by atoms with E-state index in [0.717, 1.165) is 50.5 Å². The van der Waals surface area contributed by atoms with Crippen LogP contribution in [0, 0.1) is 0 Å². The summed E-state index contributed by atoms with van der Waals surface area (Å²) in [6.07, 6.45) is 14.3. The number of hydrogen-bond acceptors (Lipinski definition) is 3. The lowest BCUT2D eigenvalue weighted by atomic mass is 10.0. The summed E-state index contributed by atoms with van der Waals surface area (Å²) < 4.78 is 5.59. The van der Waals surface area contributed by atoms with Gasteiger partial charge >= 0.3 is 5.97 Å². The Labute approximate surface area is 177 Å². The average molecular weight is 407 g/mol. The molecule has 0 spiro atoms. The lowest BCUT2D eigenvalue weighted by Gasteiger charge is -2.13. The summed E-state index contributed by atoms with van der Waals surface area (Å²) in [5, 5.41) is 19.3. The zero-order chi connectivity index (χ0) is 21.2. The molecule has 0 bridgehead atoms. The topological polar surface area (TPSA) is 66.8 Å². The number of hydrogen-bond donors (Lipinski definition) is 2. The third-order valence-electron chi connectivity index (χ3n) is 5.46. The van der Waals surface area contributed by atoms with Gasteiger partial charge in [-0.2, -0.15) is 0 Å². The Morgan fingerprint density at radius 3 is 1.90 bits per heavy atom. The predicted molar refractivity (Wildman–Crippen MR) is 119 cm³/mol. The Morgan fingerprint density at radius 1 is 0.828 bits per heavy atom. The van der Waals surface area contributed by atoms with Crippen LogP contribution in [0.1, 0.15) is 102 Å². The molecule has 0 saturated heterocycles. The first-order chi connectivity index (χ1) is 14.1. The molecule has 2 unspecified atom stereocenters. The third kappa shape index (κ3) is 14.3. The van der Waals surface area contributed by atoms with Crippen LogP contribution in [-0.2, 0) is 16.1 Å². The zero-order valence-corrected chi connectivity index (χ0v) is 18.4. The first-order valence-corrected chi connectivity index (χ1v) is 11.7. The standard InChI is InChI=1S/C25H42O4/c1-2-3-4-13-18-23(26)19-14-8-6-5-7-9-15-20-24(25(27)28)29-21-22-16-11-10-12-17-22/h10-12,16-17,23-24,26H,2-9,13-15,18-21H2,1H3,(H,27,28). The molecule has 2 N–H and O–H groups in total. The first-order valence-electron chi connectivity index (χ1n) is 11.7. The van der Waals surface area contributed by atoms with E-state index in [2.05, 4.69) is 6.92 Å². The highest BCUT2D eigenvalue weighted by Gasteiger charge is 2.17. The van der Waals surface area contributed by atoms with Crippen molar-refractivity contribution in [1.29, 1.82) is 0 Å². The molecule has 166 valence electrons. The van der Waals surface area contributed by atoms with Crippen molar-refractivity contribution in [3.05, 3.63) is 35.9 Å². The van der Waals surface area contributed by atoms with Gasteiger partial charge in [-0.3, -0.25) is 0 Å². The number of aliphatic carboxylic acids is 1. The van der Waals surface area contributed by atoms with Crippen molar-refractivity contribution in [3.63, 3.8) is 0 Å². The highest BCUT2D eigenvalue weighted by molar-refractivity contribution is 5.72. The Hall–Kier alpha value is -1.39. The van der Waals surface area contributed by atoms with E-state index in [0.29, 0.717) is 13.0 Å². The molecular formula is C25H42O4. The van der Waals surface area contributed by atoms with E-state index < -0.39 is 12.1 Å². The molecule has 0 radical (unpaired) electrons. The van der Waals surface area contributed by atoms with Crippen molar-refractivity contribution in [2.75, 3.05) is 0 Å². The van der Waals surface area contributed by atoms with Crippen LogP contribution in [0.25, 0.3) is 0 Å². The van der Waals surface area contributed by atoms with E-state index in [1.807, 2.05) is 30.3 Å². The average Bonchev–Trinajstić information content (AvgIpc) is 2.72. The molecule has 1 rings (SSSR count). The van der Waals surface area contributed by atoms with Crippen molar-refractivity contribution < 1.29 is 19.7 Å². The fraction of sp³-hybridized carbons (Fsp3) is 0.720. The van der Waals surface area contributed by atoms with E-state index in [-0.39, 0.29) is 6.10 Å². The Bertz CT molecular complexity index is 503. The second-order valence-electron chi connectivity index (χ2n) is 8.18. The number of carboxylic acids is 1. The minimum absolute atomic E-state index is 0.115. The molecule has 0 aliphatic rings. The molecule has 0 aliphatic heterocycles. The van der Waals surface area contributed by atoms with Gasteiger partial charge in [0.05, 0.1) is 12.7 Å². The van der Waals surface area contributed by atoms with Gasteiger partial charge < -0.3 is 14.9 Å². The molecule has 4 nitrogen and oxygen atoms in total. The number of carboxylic acid groups (broad SMARTS) is 1. The van der Waals surface area contributed by atoms with Gasteiger partial charge in [0, 0.05) is 0 Å². The first kappa shape index (κ1) is 25.6. The van der Waals surface area contributed by atoms with E-state index >= 15 is 0 Å². The van der Waals surface area contributed by atoms with Gasteiger partial charge in [0.15, 0.2) is 6.10 Å². The number of benzene rings is 1.